The number of hydrogen-bond donors (Lipinski definition) is 0. The van der Waals surface area contributed by atoms with Gasteiger partial charge in [0.25, 0.3) is 0 Å². The van der Waals surface area contributed by atoms with Gasteiger partial charge in [-0.2, -0.15) is 13.2 Å². The third kappa shape index (κ3) is 7.68. The lowest BCUT2D eigenvalue weighted by molar-refractivity contribution is -0.137. The number of carbonyl (C=O) groups excluding carboxylic acids is 1. The normalized spacial score (nSPS) is 14.8. The van der Waals surface area contributed by atoms with E-state index in [0.717, 1.165) is 54.3 Å². The lowest BCUT2D eigenvalue weighted by atomic mass is 10.0. The Morgan fingerprint density at radius 3 is 2.27 bits per heavy atom. The van der Waals surface area contributed by atoms with Crippen molar-refractivity contribution in [2.45, 2.75) is 42.4 Å². The van der Waals surface area contributed by atoms with E-state index in [2.05, 4.69) is 20.4 Å². The van der Waals surface area contributed by atoms with E-state index in [1.54, 1.807) is 28.8 Å². The van der Waals surface area contributed by atoms with Crippen LogP contribution in [0.4, 0.5) is 18.0 Å². The summed E-state index contributed by atoms with van der Waals surface area (Å²) in [6.07, 6.45) is -2.63. The number of thioether (sulfide) groups is 1. The number of alkyl halides is 3. The average molecular weight is 535 g/mol. The molecule has 1 aliphatic heterocycles. The summed E-state index contributed by atoms with van der Waals surface area (Å²) in [6.45, 7) is 2.74. The molecule has 198 valence electrons. The molecule has 8 nitrogen and oxygen atoms in total. The number of hydrogen-bond acceptors (Lipinski definition) is 7. The summed E-state index contributed by atoms with van der Waals surface area (Å²) >= 11 is 1.65. The molecule has 0 unspecified atom stereocenters. The monoisotopic (exact) mass is 534 g/mol. The SMILES string of the molecule is CN(C)CCn1nnnc1SC1CCN(C(=O)Oc2ccc(Cc3ccc(C(F)(F)F)cc3)cc2)CC1. The highest BCUT2D eigenvalue weighted by Crippen LogP contribution is 2.30. The number of tetrazole rings is 1. The van der Waals surface area contributed by atoms with E-state index in [-0.39, 0.29) is 0 Å². The topological polar surface area (TPSA) is 76.4 Å². The molecule has 2 aromatic carbocycles. The van der Waals surface area contributed by atoms with Crippen molar-refractivity contribution in [1.82, 2.24) is 30.0 Å². The molecular weight excluding hydrogens is 505 g/mol. The molecule has 0 aliphatic carbocycles. The number of ether oxygens (including phenoxy) is 1. The first-order valence-corrected chi connectivity index (χ1v) is 12.8. The number of rotatable bonds is 8. The zero-order chi connectivity index (χ0) is 26.4. The third-order valence-corrected chi connectivity index (χ3v) is 7.36. The Balaban J connectivity index is 1.23. The molecule has 3 aromatic rings. The van der Waals surface area contributed by atoms with Crippen molar-refractivity contribution < 1.29 is 22.7 Å². The highest BCUT2D eigenvalue weighted by molar-refractivity contribution is 7.99. The van der Waals surface area contributed by atoms with Gasteiger partial charge in [-0.25, -0.2) is 9.48 Å². The maximum Gasteiger partial charge on any atom is 0.416 e. The highest BCUT2D eigenvalue weighted by Gasteiger charge is 2.30. The molecule has 0 N–H and O–H groups in total. The van der Waals surface area contributed by atoms with Crippen molar-refractivity contribution in [3.8, 4) is 5.75 Å². The molecule has 1 amide bonds. The number of amides is 1. The second-order valence-corrected chi connectivity index (χ2v) is 10.4. The fourth-order valence-corrected chi connectivity index (χ4v) is 4.99. The van der Waals surface area contributed by atoms with E-state index in [4.69, 9.17) is 4.74 Å². The van der Waals surface area contributed by atoms with Crippen LogP contribution in [0.15, 0.2) is 53.7 Å². The van der Waals surface area contributed by atoms with Gasteiger partial charge in [0.1, 0.15) is 5.75 Å². The molecule has 0 radical (unpaired) electrons. The van der Waals surface area contributed by atoms with Crippen LogP contribution in [0.2, 0.25) is 0 Å². The van der Waals surface area contributed by atoms with Gasteiger partial charge in [0, 0.05) is 24.9 Å². The molecule has 1 aliphatic rings. The fraction of sp³-hybridized carbons (Fsp3) is 0.440. The summed E-state index contributed by atoms with van der Waals surface area (Å²) in [5.74, 6) is 0.428. The van der Waals surface area contributed by atoms with Crippen molar-refractivity contribution in [3.63, 3.8) is 0 Å². The van der Waals surface area contributed by atoms with Crippen LogP contribution in [0.1, 0.15) is 29.5 Å². The number of piperidine rings is 1. The first kappa shape index (κ1) is 26.9. The van der Waals surface area contributed by atoms with Crippen molar-refractivity contribution in [1.29, 1.82) is 0 Å². The van der Waals surface area contributed by atoms with Gasteiger partial charge < -0.3 is 14.5 Å². The maximum atomic E-state index is 12.7. The maximum absolute atomic E-state index is 12.7. The third-order valence-electron chi connectivity index (χ3n) is 6.05. The molecule has 2 heterocycles. The number of likely N-dealkylation sites (N-methyl/N-ethyl adjacent to an activating group) is 1. The summed E-state index contributed by atoms with van der Waals surface area (Å²) < 4.78 is 45.6. The first-order chi connectivity index (χ1) is 17.7. The van der Waals surface area contributed by atoms with E-state index < -0.39 is 17.8 Å². The molecular formula is C25H29F3N6O2S. The number of carbonyl (C=O) groups is 1. The van der Waals surface area contributed by atoms with E-state index in [0.29, 0.717) is 30.5 Å². The second-order valence-electron chi connectivity index (χ2n) is 9.18. The van der Waals surface area contributed by atoms with Crippen LogP contribution in [-0.2, 0) is 19.1 Å². The molecule has 1 fully saturated rings. The lowest BCUT2D eigenvalue weighted by Crippen LogP contribution is -2.41. The van der Waals surface area contributed by atoms with Gasteiger partial charge in [-0.1, -0.05) is 36.0 Å². The van der Waals surface area contributed by atoms with Crippen molar-refractivity contribution in [2.75, 3.05) is 33.7 Å². The number of aromatic nitrogens is 4. The van der Waals surface area contributed by atoms with Crippen LogP contribution in [0.3, 0.4) is 0 Å². The summed E-state index contributed by atoms with van der Waals surface area (Å²) in [7, 11) is 4.01. The van der Waals surface area contributed by atoms with Crippen molar-refractivity contribution in [2.24, 2.45) is 0 Å². The van der Waals surface area contributed by atoms with Crippen LogP contribution < -0.4 is 4.74 Å². The van der Waals surface area contributed by atoms with Gasteiger partial charge >= 0.3 is 12.3 Å². The van der Waals surface area contributed by atoms with Gasteiger partial charge in [-0.15, -0.1) is 5.10 Å². The summed E-state index contributed by atoms with van der Waals surface area (Å²) in [5, 5.41) is 13.1. The minimum Gasteiger partial charge on any atom is -0.410 e. The van der Waals surface area contributed by atoms with E-state index in [1.807, 2.05) is 30.9 Å². The Kier molecular flexibility index (Phi) is 8.70. The predicted molar refractivity (Wildman–Crippen MR) is 134 cm³/mol. The molecule has 1 aromatic heterocycles. The second kappa shape index (κ2) is 12.0. The van der Waals surface area contributed by atoms with Crippen LogP contribution in [0.25, 0.3) is 0 Å². The molecule has 0 atom stereocenters. The molecule has 37 heavy (non-hydrogen) atoms. The molecule has 4 rings (SSSR count). The van der Waals surface area contributed by atoms with Gasteiger partial charge in [0.2, 0.25) is 5.16 Å². The molecule has 0 saturated carbocycles. The van der Waals surface area contributed by atoms with Gasteiger partial charge in [0.05, 0.1) is 12.1 Å². The molecule has 12 heteroatoms. The average Bonchev–Trinajstić information content (AvgIpc) is 3.31. The van der Waals surface area contributed by atoms with Crippen molar-refractivity contribution in [3.05, 3.63) is 65.2 Å². The highest BCUT2D eigenvalue weighted by atomic mass is 32.2. The van der Waals surface area contributed by atoms with E-state index in [1.165, 1.54) is 12.1 Å². The molecule has 0 bridgehead atoms. The summed E-state index contributed by atoms with van der Waals surface area (Å²) in [4.78, 5) is 16.4. The first-order valence-electron chi connectivity index (χ1n) is 12.0. The molecule has 0 spiro atoms. The lowest BCUT2D eigenvalue weighted by Gasteiger charge is -2.30. The Hall–Kier alpha value is -3.12. The van der Waals surface area contributed by atoms with Crippen LogP contribution in [0, 0.1) is 0 Å². The van der Waals surface area contributed by atoms with E-state index >= 15 is 0 Å². The van der Waals surface area contributed by atoms with Gasteiger partial charge in [0.15, 0.2) is 0 Å². The standard InChI is InChI=1S/C25H29F3N6O2S/c1-32(2)15-16-34-23(29-30-31-34)37-22-11-13-33(14-12-22)24(35)36-21-9-5-19(6-10-21)17-18-3-7-20(8-4-18)25(26,27)28/h3-10,22H,11-17H2,1-2H3. The number of halogens is 3. The Bertz CT molecular complexity index is 1160. The van der Waals surface area contributed by atoms with Gasteiger partial charge in [-0.3, -0.25) is 0 Å². The quantitative estimate of drug-likeness (QED) is 0.418. The number of nitrogens with zero attached hydrogens (tertiary/aromatic N) is 6. The number of likely N-dealkylation sites (tertiary alicyclic amines) is 1. The Morgan fingerprint density at radius 1 is 1.05 bits per heavy atom. The minimum absolute atomic E-state index is 0.317. The van der Waals surface area contributed by atoms with Crippen LogP contribution in [0.5, 0.6) is 5.75 Å². The summed E-state index contributed by atoms with van der Waals surface area (Å²) in [5.41, 5.74) is 1.01. The largest absolute Gasteiger partial charge is 0.416 e. The fourth-order valence-electron chi connectivity index (χ4n) is 3.91. The van der Waals surface area contributed by atoms with Crippen LogP contribution in [-0.4, -0.2) is 75.1 Å². The Morgan fingerprint density at radius 2 is 1.68 bits per heavy atom. The van der Waals surface area contributed by atoms with E-state index in [9.17, 15) is 18.0 Å². The van der Waals surface area contributed by atoms with Crippen molar-refractivity contribution >= 4 is 17.9 Å². The van der Waals surface area contributed by atoms with Crippen LogP contribution >= 0.6 is 11.8 Å². The minimum atomic E-state index is -4.34. The zero-order valence-electron chi connectivity index (χ0n) is 20.7. The zero-order valence-corrected chi connectivity index (χ0v) is 21.5. The molecule has 1 saturated heterocycles. The summed E-state index contributed by atoms with van der Waals surface area (Å²) in [6, 6.07) is 12.1. The smallest absolute Gasteiger partial charge is 0.410 e. The Labute approximate surface area is 217 Å². The van der Waals surface area contributed by atoms with Gasteiger partial charge in [-0.05, 0) is 79.2 Å². The number of benzene rings is 2. The predicted octanol–water partition coefficient (Wildman–Crippen LogP) is 4.60.